The van der Waals surface area contributed by atoms with Crippen molar-refractivity contribution in [1.82, 2.24) is 4.90 Å². The molecule has 27 heavy (non-hydrogen) atoms. The summed E-state index contributed by atoms with van der Waals surface area (Å²) >= 11 is 1.31. The lowest BCUT2D eigenvalue weighted by Gasteiger charge is -2.21. The minimum Gasteiger partial charge on any atom is -0.449 e. The maximum atomic E-state index is 12.6. The van der Waals surface area contributed by atoms with Gasteiger partial charge in [-0.1, -0.05) is 30.3 Å². The summed E-state index contributed by atoms with van der Waals surface area (Å²) in [5.41, 5.74) is 2.04. The Labute approximate surface area is 163 Å². The topological polar surface area (TPSA) is 75.7 Å². The molecule has 2 rings (SSSR count). The standard InChI is InChI=1S/C20H24N2O4S/c1-12-14(3)27-18(21-15(4)23)17(12)20(25)26-13(2)19(24)22(5)11-16-9-7-6-8-10-16/h6-10,13H,11H2,1-5H3,(H,21,23)/t13-/m1/s1. The number of nitrogens with zero attached hydrogens (tertiary/aromatic N) is 1. The summed E-state index contributed by atoms with van der Waals surface area (Å²) < 4.78 is 5.40. The van der Waals surface area contributed by atoms with Gasteiger partial charge in [-0.2, -0.15) is 0 Å². The van der Waals surface area contributed by atoms with Crippen LogP contribution in [0.5, 0.6) is 0 Å². The molecule has 0 saturated carbocycles. The van der Waals surface area contributed by atoms with Crippen LogP contribution in [0.25, 0.3) is 0 Å². The zero-order chi connectivity index (χ0) is 20.1. The molecular formula is C20H24N2O4S. The predicted molar refractivity (Wildman–Crippen MR) is 106 cm³/mol. The molecule has 1 N–H and O–H groups in total. The number of carbonyl (C=O) groups excluding carboxylic acids is 3. The van der Waals surface area contributed by atoms with Crippen molar-refractivity contribution in [2.45, 2.75) is 40.3 Å². The number of anilines is 1. The van der Waals surface area contributed by atoms with E-state index in [-0.39, 0.29) is 11.8 Å². The molecule has 0 spiro atoms. The van der Waals surface area contributed by atoms with E-state index in [2.05, 4.69) is 5.32 Å². The van der Waals surface area contributed by atoms with Gasteiger partial charge in [-0.15, -0.1) is 11.3 Å². The average Bonchev–Trinajstić information content (AvgIpc) is 2.88. The number of carbonyl (C=O) groups is 3. The Morgan fingerprint density at radius 3 is 2.41 bits per heavy atom. The molecule has 1 aromatic carbocycles. The first-order valence-electron chi connectivity index (χ1n) is 8.58. The van der Waals surface area contributed by atoms with Crippen molar-refractivity contribution in [2.75, 3.05) is 12.4 Å². The maximum absolute atomic E-state index is 12.6. The van der Waals surface area contributed by atoms with Crippen LogP contribution >= 0.6 is 11.3 Å². The van der Waals surface area contributed by atoms with Crippen molar-refractivity contribution in [3.8, 4) is 0 Å². The number of esters is 1. The Morgan fingerprint density at radius 1 is 1.19 bits per heavy atom. The number of rotatable bonds is 6. The SMILES string of the molecule is CC(=O)Nc1sc(C)c(C)c1C(=O)O[C@H](C)C(=O)N(C)Cc1ccccc1. The number of thiophene rings is 1. The summed E-state index contributed by atoms with van der Waals surface area (Å²) in [6.07, 6.45) is -0.934. The smallest absolute Gasteiger partial charge is 0.342 e. The van der Waals surface area contributed by atoms with Gasteiger partial charge in [0, 0.05) is 25.4 Å². The van der Waals surface area contributed by atoms with E-state index in [1.54, 1.807) is 20.9 Å². The number of ether oxygens (including phenoxy) is 1. The summed E-state index contributed by atoms with van der Waals surface area (Å²) in [5, 5.41) is 3.10. The van der Waals surface area contributed by atoms with Gasteiger partial charge in [-0.3, -0.25) is 9.59 Å². The van der Waals surface area contributed by atoms with Crippen LogP contribution in [0.1, 0.15) is 40.2 Å². The Balaban J connectivity index is 2.08. The molecule has 0 aliphatic rings. The molecule has 0 fully saturated rings. The van der Waals surface area contributed by atoms with Gasteiger partial charge in [0.2, 0.25) is 5.91 Å². The van der Waals surface area contributed by atoms with Gasteiger partial charge < -0.3 is 15.0 Å². The fourth-order valence-corrected chi connectivity index (χ4v) is 3.73. The molecule has 0 aliphatic heterocycles. The van der Waals surface area contributed by atoms with E-state index in [1.807, 2.05) is 37.3 Å². The van der Waals surface area contributed by atoms with Crippen LogP contribution in [0.3, 0.4) is 0 Å². The highest BCUT2D eigenvalue weighted by Crippen LogP contribution is 2.33. The Kier molecular flexibility index (Phi) is 6.74. The second-order valence-electron chi connectivity index (χ2n) is 6.40. The summed E-state index contributed by atoms with van der Waals surface area (Å²) in [5.74, 6) is -1.18. The summed E-state index contributed by atoms with van der Waals surface area (Å²) in [6, 6.07) is 9.58. The molecule has 0 saturated heterocycles. The number of hydrogen-bond acceptors (Lipinski definition) is 5. The molecule has 0 bridgehead atoms. The molecule has 1 heterocycles. The number of benzene rings is 1. The van der Waals surface area contributed by atoms with Gasteiger partial charge >= 0.3 is 5.97 Å². The number of likely N-dealkylation sites (N-methyl/N-ethyl adjacent to an activating group) is 1. The van der Waals surface area contributed by atoms with Crippen molar-refractivity contribution in [1.29, 1.82) is 0 Å². The normalized spacial score (nSPS) is 11.6. The van der Waals surface area contributed by atoms with Crippen LogP contribution in [0.4, 0.5) is 5.00 Å². The molecule has 2 amide bonds. The molecule has 144 valence electrons. The highest BCUT2D eigenvalue weighted by atomic mass is 32.1. The second-order valence-corrected chi connectivity index (χ2v) is 7.62. The molecular weight excluding hydrogens is 364 g/mol. The Hall–Kier alpha value is -2.67. The van der Waals surface area contributed by atoms with Crippen LogP contribution < -0.4 is 5.32 Å². The van der Waals surface area contributed by atoms with Crippen molar-refractivity contribution in [2.24, 2.45) is 0 Å². The number of aryl methyl sites for hydroxylation is 1. The third kappa shape index (κ3) is 5.17. The molecule has 6 nitrogen and oxygen atoms in total. The third-order valence-electron chi connectivity index (χ3n) is 4.15. The lowest BCUT2D eigenvalue weighted by molar-refractivity contribution is -0.139. The van der Waals surface area contributed by atoms with Crippen molar-refractivity contribution < 1.29 is 19.1 Å². The number of nitrogens with one attached hydrogen (secondary N) is 1. The fraction of sp³-hybridized carbons (Fsp3) is 0.350. The molecule has 7 heteroatoms. The lowest BCUT2D eigenvalue weighted by Crippen LogP contribution is -2.37. The van der Waals surface area contributed by atoms with E-state index >= 15 is 0 Å². The van der Waals surface area contributed by atoms with Gasteiger partial charge in [0.15, 0.2) is 6.10 Å². The van der Waals surface area contributed by atoms with Crippen LogP contribution in [-0.4, -0.2) is 35.8 Å². The predicted octanol–water partition coefficient (Wildman–Crippen LogP) is 3.53. The highest BCUT2D eigenvalue weighted by molar-refractivity contribution is 7.16. The summed E-state index contributed by atoms with van der Waals surface area (Å²) in [4.78, 5) is 39.0. The minimum atomic E-state index is -0.934. The first kappa shape index (κ1) is 20.6. The largest absolute Gasteiger partial charge is 0.449 e. The van der Waals surface area contributed by atoms with Crippen molar-refractivity contribution in [3.05, 3.63) is 51.9 Å². The lowest BCUT2D eigenvalue weighted by atomic mass is 10.1. The zero-order valence-electron chi connectivity index (χ0n) is 16.2. The monoisotopic (exact) mass is 388 g/mol. The van der Waals surface area contributed by atoms with Gasteiger partial charge in [0.25, 0.3) is 5.91 Å². The first-order chi connectivity index (χ1) is 12.7. The van der Waals surface area contributed by atoms with Gasteiger partial charge in [-0.05, 0) is 31.9 Å². The van der Waals surface area contributed by atoms with Crippen LogP contribution in [0, 0.1) is 13.8 Å². The first-order valence-corrected chi connectivity index (χ1v) is 9.39. The van der Waals surface area contributed by atoms with Gasteiger partial charge in [-0.25, -0.2) is 4.79 Å². The molecule has 0 unspecified atom stereocenters. The third-order valence-corrected chi connectivity index (χ3v) is 5.27. The van der Waals surface area contributed by atoms with Crippen LogP contribution in [0.2, 0.25) is 0 Å². The molecule has 2 aromatic rings. The zero-order valence-corrected chi connectivity index (χ0v) is 17.0. The average molecular weight is 388 g/mol. The quantitative estimate of drug-likeness (QED) is 0.768. The van der Waals surface area contributed by atoms with Crippen LogP contribution in [0.15, 0.2) is 30.3 Å². The van der Waals surface area contributed by atoms with E-state index in [0.29, 0.717) is 17.1 Å². The van der Waals surface area contributed by atoms with Crippen molar-refractivity contribution >= 4 is 34.1 Å². The Bertz CT molecular complexity index is 845. The molecule has 1 atom stereocenters. The van der Waals surface area contributed by atoms with E-state index < -0.39 is 12.1 Å². The minimum absolute atomic E-state index is 0.267. The van der Waals surface area contributed by atoms with E-state index in [9.17, 15) is 14.4 Å². The molecule has 1 aromatic heterocycles. The van der Waals surface area contributed by atoms with Crippen LogP contribution in [-0.2, 0) is 20.9 Å². The Morgan fingerprint density at radius 2 is 1.81 bits per heavy atom. The summed E-state index contributed by atoms with van der Waals surface area (Å²) in [7, 11) is 1.67. The van der Waals surface area contributed by atoms with Gasteiger partial charge in [0.05, 0.1) is 5.56 Å². The number of amides is 2. The van der Waals surface area contributed by atoms with E-state index in [4.69, 9.17) is 4.74 Å². The molecule has 0 aliphatic carbocycles. The van der Waals surface area contributed by atoms with E-state index in [1.165, 1.54) is 23.2 Å². The van der Waals surface area contributed by atoms with E-state index in [0.717, 1.165) is 16.0 Å². The highest BCUT2D eigenvalue weighted by Gasteiger charge is 2.27. The van der Waals surface area contributed by atoms with Gasteiger partial charge in [0.1, 0.15) is 5.00 Å². The fourth-order valence-electron chi connectivity index (χ4n) is 2.64. The number of hydrogen-bond donors (Lipinski definition) is 1. The molecule has 0 radical (unpaired) electrons. The second kappa shape index (κ2) is 8.81. The summed E-state index contributed by atoms with van der Waals surface area (Å²) in [6.45, 7) is 7.01. The van der Waals surface area contributed by atoms with Crippen molar-refractivity contribution in [3.63, 3.8) is 0 Å². The maximum Gasteiger partial charge on any atom is 0.342 e.